The van der Waals surface area contributed by atoms with Gasteiger partial charge in [0.05, 0.1) is 7.11 Å². The average molecular weight is 223 g/mol. The second-order valence-corrected chi connectivity index (χ2v) is 3.62. The molecule has 1 rings (SSSR count). The minimum atomic E-state index is 0.840. The van der Waals surface area contributed by atoms with Gasteiger partial charge in [0.25, 0.3) is 0 Å². The van der Waals surface area contributed by atoms with E-state index in [1.807, 2.05) is 19.2 Å². The van der Waals surface area contributed by atoms with Crippen molar-refractivity contribution in [2.45, 2.75) is 13.3 Å². The lowest BCUT2D eigenvalue weighted by atomic mass is 10.3. The van der Waals surface area contributed by atoms with Gasteiger partial charge >= 0.3 is 0 Å². The van der Waals surface area contributed by atoms with Gasteiger partial charge in [-0.2, -0.15) is 0 Å². The first-order chi connectivity index (χ1) is 7.83. The first-order valence-corrected chi connectivity index (χ1v) is 5.72. The van der Waals surface area contributed by atoms with Gasteiger partial charge in [-0.3, -0.25) is 0 Å². The molecule has 0 radical (unpaired) electrons. The molecule has 0 aromatic carbocycles. The fourth-order valence-electron chi connectivity index (χ4n) is 1.62. The highest BCUT2D eigenvalue weighted by Crippen LogP contribution is 2.24. The van der Waals surface area contributed by atoms with Crippen LogP contribution in [0.4, 0.5) is 5.82 Å². The first kappa shape index (κ1) is 12.8. The van der Waals surface area contributed by atoms with E-state index < -0.39 is 0 Å². The Balaban J connectivity index is 2.81. The monoisotopic (exact) mass is 223 g/mol. The highest BCUT2D eigenvalue weighted by atomic mass is 16.5. The molecule has 0 spiro atoms. The molecule has 1 aromatic rings. The largest absolute Gasteiger partial charge is 0.493 e. The minimum absolute atomic E-state index is 0.840. The number of pyridine rings is 1. The Morgan fingerprint density at radius 3 is 2.88 bits per heavy atom. The van der Waals surface area contributed by atoms with Crippen molar-refractivity contribution in [1.29, 1.82) is 0 Å². The fourth-order valence-corrected chi connectivity index (χ4v) is 1.62. The maximum atomic E-state index is 5.33. The van der Waals surface area contributed by atoms with E-state index in [0.29, 0.717) is 0 Å². The summed E-state index contributed by atoms with van der Waals surface area (Å²) in [5.41, 5.74) is 0. The zero-order valence-electron chi connectivity index (χ0n) is 10.4. The molecule has 4 nitrogen and oxygen atoms in total. The van der Waals surface area contributed by atoms with E-state index in [1.54, 1.807) is 13.3 Å². The predicted octanol–water partition coefficient (Wildman–Crippen LogP) is 1.53. The van der Waals surface area contributed by atoms with E-state index >= 15 is 0 Å². The van der Waals surface area contributed by atoms with Gasteiger partial charge in [0.1, 0.15) is 0 Å². The summed E-state index contributed by atoms with van der Waals surface area (Å²) >= 11 is 0. The third kappa shape index (κ3) is 3.38. The van der Waals surface area contributed by atoms with Crippen molar-refractivity contribution < 1.29 is 4.74 Å². The van der Waals surface area contributed by atoms with Crippen molar-refractivity contribution in [3.63, 3.8) is 0 Å². The van der Waals surface area contributed by atoms with Crippen molar-refractivity contribution in [3.8, 4) is 5.75 Å². The minimum Gasteiger partial charge on any atom is -0.493 e. The number of nitrogens with one attached hydrogen (secondary N) is 1. The maximum Gasteiger partial charge on any atom is 0.171 e. The lowest BCUT2D eigenvalue weighted by Crippen LogP contribution is -2.32. The summed E-state index contributed by atoms with van der Waals surface area (Å²) in [5, 5.41) is 3.15. The molecule has 0 amide bonds. The predicted molar refractivity (Wildman–Crippen MR) is 67.2 cm³/mol. The normalized spacial score (nSPS) is 10.2. The quantitative estimate of drug-likeness (QED) is 0.760. The van der Waals surface area contributed by atoms with Crippen molar-refractivity contribution in [3.05, 3.63) is 18.3 Å². The van der Waals surface area contributed by atoms with E-state index in [4.69, 9.17) is 4.74 Å². The summed E-state index contributed by atoms with van der Waals surface area (Å²) in [6.07, 6.45) is 2.91. The Morgan fingerprint density at radius 2 is 2.25 bits per heavy atom. The van der Waals surface area contributed by atoms with Crippen LogP contribution in [0.15, 0.2) is 18.3 Å². The molecule has 4 heteroatoms. The zero-order chi connectivity index (χ0) is 11.8. The SMILES string of the molecule is CCCN(CCNC)c1ncccc1OC. The van der Waals surface area contributed by atoms with Gasteiger partial charge in [-0.25, -0.2) is 4.98 Å². The van der Waals surface area contributed by atoms with Crippen LogP contribution >= 0.6 is 0 Å². The molecule has 0 aliphatic rings. The highest BCUT2D eigenvalue weighted by Gasteiger charge is 2.11. The maximum absolute atomic E-state index is 5.33. The highest BCUT2D eigenvalue weighted by molar-refractivity contribution is 5.51. The number of ether oxygens (including phenoxy) is 1. The molecule has 0 unspecified atom stereocenters. The van der Waals surface area contributed by atoms with Crippen molar-refractivity contribution in [2.75, 3.05) is 38.7 Å². The van der Waals surface area contributed by atoms with E-state index in [-0.39, 0.29) is 0 Å². The van der Waals surface area contributed by atoms with Gasteiger partial charge in [-0.05, 0) is 25.6 Å². The summed E-state index contributed by atoms with van der Waals surface area (Å²) in [6.45, 7) is 5.05. The Kier molecular flexibility index (Phi) is 5.64. The topological polar surface area (TPSA) is 37.4 Å². The molecule has 16 heavy (non-hydrogen) atoms. The van der Waals surface area contributed by atoms with Gasteiger partial charge in [0.2, 0.25) is 0 Å². The molecule has 0 fully saturated rings. The van der Waals surface area contributed by atoms with Crippen LogP contribution in [0, 0.1) is 0 Å². The van der Waals surface area contributed by atoms with Gasteiger partial charge in [0, 0.05) is 25.8 Å². The molecule has 0 atom stereocenters. The summed E-state index contributed by atoms with van der Waals surface area (Å²) in [4.78, 5) is 6.64. The van der Waals surface area contributed by atoms with Crippen LogP contribution in [0.1, 0.15) is 13.3 Å². The number of anilines is 1. The second-order valence-electron chi connectivity index (χ2n) is 3.62. The number of rotatable bonds is 7. The standard InChI is InChI=1S/C12H21N3O/c1-4-9-15(10-8-13-2)12-11(16-3)6-5-7-14-12/h5-7,13H,4,8-10H2,1-3H3. The number of nitrogens with zero attached hydrogens (tertiary/aromatic N) is 2. The first-order valence-electron chi connectivity index (χ1n) is 5.72. The average Bonchev–Trinajstić information content (AvgIpc) is 2.34. The Morgan fingerprint density at radius 1 is 1.44 bits per heavy atom. The molecule has 0 aliphatic heterocycles. The van der Waals surface area contributed by atoms with Crippen LogP contribution in [0.2, 0.25) is 0 Å². The van der Waals surface area contributed by atoms with E-state index in [2.05, 4.69) is 22.1 Å². The van der Waals surface area contributed by atoms with Crippen molar-refractivity contribution in [1.82, 2.24) is 10.3 Å². The van der Waals surface area contributed by atoms with E-state index in [1.165, 1.54) is 0 Å². The Labute approximate surface area is 97.6 Å². The summed E-state index contributed by atoms with van der Waals surface area (Å²) in [6, 6.07) is 3.84. The zero-order valence-corrected chi connectivity index (χ0v) is 10.4. The molecule has 1 N–H and O–H groups in total. The van der Waals surface area contributed by atoms with Crippen molar-refractivity contribution >= 4 is 5.82 Å². The Bertz CT molecular complexity index is 304. The van der Waals surface area contributed by atoms with Gasteiger partial charge in [0.15, 0.2) is 11.6 Å². The molecule has 1 aromatic heterocycles. The summed E-state index contributed by atoms with van der Waals surface area (Å²) < 4.78 is 5.33. The molecule has 0 bridgehead atoms. The number of likely N-dealkylation sites (N-methyl/N-ethyl adjacent to an activating group) is 1. The fraction of sp³-hybridized carbons (Fsp3) is 0.583. The molecule has 0 aliphatic carbocycles. The molecule has 90 valence electrons. The van der Waals surface area contributed by atoms with Gasteiger partial charge in [-0.1, -0.05) is 6.92 Å². The van der Waals surface area contributed by atoms with Crippen LogP contribution in [0.5, 0.6) is 5.75 Å². The molecular weight excluding hydrogens is 202 g/mol. The number of hydrogen-bond acceptors (Lipinski definition) is 4. The van der Waals surface area contributed by atoms with E-state index in [9.17, 15) is 0 Å². The Hall–Kier alpha value is -1.29. The van der Waals surface area contributed by atoms with Crippen LogP contribution in [0.25, 0.3) is 0 Å². The smallest absolute Gasteiger partial charge is 0.171 e. The second kappa shape index (κ2) is 7.06. The molecular formula is C12H21N3O. The molecule has 0 saturated carbocycles. The van der Waals surface area contributed by atoms with Gasteiger partial charge < -0.3 is 15.0 Å². The van der Waals surface area contributed by atoms with Crippen LogP contribution in [-0.4, -0.2) is 38.8 Å². The van der Waals surface area contributed by atoms with Gasteiger partial charge in [-0.15, -0.1) is 0 Å². The third-order valence-electron chi connectivity index (χ3n) is 2.40. The van der Waals surface area contributed by atoms with Crippen LogP contribution in [-0.2, 0) is 0 Å². The van der Waals surface area contributed by atoms with E-state index in [0.717, 1.165) is 37.6 Å². The van der Waals surface area contributed by atoms with Crippen molar-refractivity contribution in [2.24, 2.45) is 0 Å². The third-order valence-corrected chi connectivity index (χ3v) is 2.40. The summed E-state index contributed by atoms with van der Waals surface area (Å²) in [7, 11) is 3.64. The molecule has 1 heterocycles. The number of aromatic nitrogens is 1. The van der Waals surface area contributed by atoms with Crippen LogP contribution in [0.3, 0.4) is 0 Å². The lowest BCUT2D eigenvalue weighted by molar-refractivity contribution is 0.412. The lowest BCUT2D eigenvalue weighted by Gasteiger charge is -2.24. The van der Waals surface area contributed by atoms with Crippen LogP contribution < -0.4 is 15.0 Å². The molecule has 0 saturated heterocycles. The number of hydrogen-bond donors (Lipinski definition) is 1. The summed E-state index contributed by atoms with van der Waals surface area (Å²) in [5.74, 6) is 1.77. The number of methoxy groups -OCH3 is 1.